The average Bonchev–Trinajstić information content (AvgIpc) is 2.99. The molecule has 1 aliphatic carbocycles. The van der Waals surface area contributed by atoms with Crippen LogP contribution in [0.15, 0.2) is 24.3 Å². The number of benzene rings is 1. The van der Waals surface area contributed by atoms with Crippen molar-refractivity contribution in [2.24, 2.45) is 0 Å². The largest absolute Gasteiger partial charge is 0.480 e. The lowest BCUT2D eigenvalue weighted by Gasteiger charge is -2.43. The first kappa shape index (κ1) is 17.8. The van der Waals surface area contributed by atoms with Crippen LogP contribution in [0.1, 0.15) is 36.0 Å². The number of ether oxygens (including phenoxy) is 2. The quantitative estimate of drug-likeness (QED) is 0.879. The van der Waals surface area contributed by atoms with Gasteiger partial charge in [-0.1, -0.05) is 12.1 Å². The van der Waals surface area contributed by atoms with E-state index in [0.29, 0.717) is 32.2 Å². The van der Waals surface area contributed by atoms with Crippen molar-refractivity contribution in [3.63, 3.8) is 0 Å². The monoisotopic (exact) mass is 351 g/mol. The van der Waals surface area contributed by atoms with Crippen LogP contribution in [0.25, 0.3) is 0 Å². The van der Waals surface area contributed by atoms with Gasteiger partial charge >= 0.3 is 5.97 Å². The van der Waals surface area contributed by atoms with Gasteiger partial charge in [0.05, 0.1) is 23.3 Å². The molecule has 0 bridgehead atoms. The van der Waals surface area contributed by atoms with Gasteiger partial charge in [0.2, 0.25) is 0 Å². The van der Waals surface area contributed by atoms with Gasteiger partial charge in [-0.05, 0) is 37.8 Å². The van der Waals surface area contributed by atoms with Crippen LogP contribution in [0.5, 0.6) is 0 Å². The first-order valence-corrected chi connectivity index (χ1v) is 8.41. The van der Waals surface area contributed by atoms with Crippen molar-refractivity contribution in [2.45, 2.75) is 43.4 Å². The Morgan fingerprint density at radius 2 is 2.12 bits per heavy atom. The SMILES string of the molecule is CO[C@@]12CC[C@@H](OCC(=O)O)C[C@@H]1N(C(=O)c1ccccc1F)CC2. The summed E-state index contributed by atoms with van der Waals surface area (Å²) in [5.74, 6) is -1.92. The molecule has 3 atom stereocenters. The van der Waals surface area contributed by atoms with E-state index in [2.05, 4.69) is 0 Å². The zero-order chi connectivity index (χ0) is 18.0. The Labute approximate surface area is 145 Å². The predicted octanol–water partition coefficient (Wildman–Crippen LogP) is 2.08. The van der Waals surface area contributed by atoms with Crippen molar-refractivity contribution in [1.82, 2.24) is 4.90 Å². The number of aliphatic carboxylic acids is 1. The smallest absolute Gasteiger partial charge is 0.329 e. The summed E-state index contributed by atoms with van der Waals surface area (Å²) in [7, 11) is 1.63. The minimum atomic E-state index is -1.02. The molecule has 25 heavy (non-hydrogen) atoms. The lowest BCUT2D eigenvalue weighted by Crippen LogP contribution is -2.53. The van der Waals surface area contributed by atoms with E-state index < -0.39 is 17.4 Å². The maximum Gasteiger partial charge on any atom is 0.329 e. The topological polar surface area (TPSA) is 76.1 Å². The molecule has 1 saturated heterocycles. The first-order chi connectivity index (χ1) is 12.0. The number of nitrogens with zero attached hydrogens (tertiary/aromatic N) is 1. The van der Waals surface area contributed by atoms with E-state index in [-0.39, 0.29) is 30.2 Å². The van der Waals surface area contributed by atoms with E-state index in [4.69, 9.17) is 14.6 Å². The van der Waals surface area contributed by atoms with Crippen molar-refractivity contribution >= 4 is 11.9 Å². The molecule has 0 unspecified atom stereocenters. The molecule has 0 radical (unpaired) electrons. The van der Waals surface area contributed by atoms with E-state index in [1.807, 2.05) is 0 Å². The second-order valence-electron chi connectivity index (χ2n) is 6.61. The molecule has 1 aliphatic heterocycles. The first-order valence-electron chi connectivity index (χ1n) is 8.41. The Balaban J connectivity index is 1.80. The third-order valence-corrected chi connectivity index (χ3v) is 5.35. The van der Waals surface area contributed by atoms with Crippen molar-refractivity contribution in [3.8, 4) is 0 Å². The second kappa shape index (κ2) is 7.09. The summed E-state index contributed by atoms with van der Waals surface area (Å²) in [4.78, 5) is 25.2. The van der Waals surface area contributed by atoms with Crippen LogP contribution < -0.4 is 0 Å². The van der Waals surface area contributed by atoms with Crippen molar-refractivity contribution < 1.29 is 28.6 Å². The number of hydrogen-bond donors (Lipinski definition) is 1. The minimum absolute atomic E-state index is 0.0444. The summed E-state index contributed by atoms with van der Waals surface area (Å²) in [5.41, 5.74) is -0.424. The minimum Gasteiger partial charge on any atom is -0.480 e. The average molecular weight is 351 g/mol. The number of rotatable bonds is 5. The fourth-order valence-corrected chi connectivity index (χ4v) is 4.04. The molecule has 6 nitrogen and oxygen atoms in total. The van der Waals surface area contributed by atoms with Gasteiger partial charge in [-0.15, -0.1) is 0 Å². The highest BCUT2D eigenvalue weighted by molar-refractivity contribution is 5.95. The summed E-state index contributed by atoms with van der Waals surface area (Å²) in [6.45, 7) is 0.121. The Morgan fingerprint density at radius 1 is 1.36 bits per heavy atom. The maximum atomic E-state index is 14.0. The van der Waals surface area contributed by atoms with Crippen LogP contribution in [0.3, 0.4) is 0 Å². The molecule has 1 N–H and O–H groups in total. The zero-order valence-electron chi connectivity index (χ0n) is 14.1. The number of carboxylic acid groups (broad SMARTS) is 1. The fourth-order valence-electron chi connectivity index (χ4n) is 4.04. The van der Waals surface area contributed by atoms with E-state index in [0.717, 1.165) is 0 Å². The Morgan fingerprint density at radius 3 is 2.80 bits per heavy atom. The molecular weight excluding hydrogens is 329 g/mol. The number of methoxy groups -OCH3 is 1. The van der Waals surface area contributed by atoms with E-state index in [1.165, 1.54) is 12.1 Å². The van der Waals surface area contributed by atoms with Gasteiger partial charge in [-0.2, -0.15) is 0 Å². The third-order valence-electron chi connectivity index (χ3n) is 5.35. The van der Waals surface area contributed by atoms with Crippen molar-refractivity contribution in [2.75, 3.05) is 20.3 Å². The Hall–Kier alpha value is -1.99. The summed E-state index contributed by atoms with van der Waals surface area (Å²) >= 11 is 0. The second-order valence-corrected chi connectivity index (χ2v) is 6.61. The molecule has 136 valence electrons. The van der Waals surface area contributed by atoms with E-state index in [1.54, 1.807) is 24.1 Å². The number of carbonyl (C=O) groups is 2. The van der Waals surface area contributed by atoms with Gasteiger partial charge < -0.3 is 19.5 Å². The number of carboxylic acids is 1. The molecule has 1 heterocycles. The lowest BCUT2D eigenvalue weighted by atomic mass is 9.79. The number of halogens is 1. The number of carbonyl (C=O) groups excluding carboxylic acids is 1. The maximum absolute atomic E-state index is 14.0. The molecule has 2 fully saturated rings. The molecule has 1 saturated carbocycles. The summed E-state index contributed by atoms with van der Waals surface area (Å²) in [5, 5.41) is 8.79. The zero-order valence-corrected chi connectivity index (χ0v) is 14.1. The van der Waals surface area contributed by atoms with Crippen LogP contribution >= 0.6 is 0 Å². The lowest BCUT2D eigenvalue weighted by molar-refractivity contribution is -0.148. The molecule has 3 rings (SSSR count). The van der Waals surface area contributed by atoms with Crippen LogP contribution in [0.4, 0.5) is 4.39 Å². The predicted molar refractivity (Wildman–Crippen MR) is 86.8 cm³/mol. The number of amides is 1. The molecule has 1 amide bonds. The van der Waals surface area contributed by atoms with Gasteiger partial charge in [0.15, 0.2) is 0 Å². The third kappa shape index (κ3) is 3.39. The Bertz CT molecular complexity index is 667. The fraction of sp³-hybridized carbons (Fsp3) is 0.556. The molecular formula is C18H22FNO5. The van der Waals surface area contributed by atoms with Gasteiger partial charge in [0, 0.05) is 13.7 Å². The number of likely N-dealkylation sites (tertiary alicyclic amines) is 1. The van der Waals surface area contributed by atoms with Crippen LogP contribution in [0, 0.1) is 5.82 Å². The molecule has 0 aromatic heterocycles. The van der Waals surface area contributed by atoms with Crippen LogP contribution in [-0.4, -0.2) is 59.9 Å². The van der Waals surface area contributed by atoms with Gasteiger partial charge in [-0.25, -0.2) is 9.18 Å². The standard InChI is InChI=1S/C18H22FNO5/c1-24-18-7-6-12(25-11-16(21)22)10-15(18)20(9-8-18)17(23)13-4-2-3-5-14(13)19/h2-5,12,15H,6-11H2,1H3,(H,21,22)/t12-,15+,18-/m1/s1. The normalized spacial score (nSPS) is 28.6. The van der Waals surface area contributed by atoms with E-state index in [9.17, 15) is 14.0 Å². The highest BCUT2D eigenvalue weighted by atomic mass is 19.1. The van der Waals surface area contributed by atoms with Gasteiger partial charge in [0.25, 0.3) is 5.91 Å². The molecule has 2 aliphatic rings. The summed E-state index contributed by atoms with van der Waals surface area (Å²) < 4.78 is 25.2. The van der Waals surface area contributed by atoms with Crippen molar-refractivity contribution in [3.05, 3.63) is 35.6 Å². The van der Waals surface area contributed by atoms with Crippen LogP contribution in [0.2, 0.25) is 0 Å². The van der Waals surface area contributed by atoms with Crippen molar-refractivity contribution in [1.29, 1.82) is 0 Å². The molecule has 7 heteroatoms. The highest BCUT2D eigenvalue weighted by Crippen LogP contribution is 2.43. The Kier molecular flexibility index (Phi) is 5.06. The molecule has 1 aromatic rings. The van der Waals surface area contributed by atoms with Gasteiger partial charge in [0.1, 0.15) is 12.4 Å². The summed E-state index contributed by atoms with van der Waals surface area (Å²) in [6.07, 6.45) is 2.28. The summed E-state index contributed by atoms with van der Waals surface area (Å²) in [6, 6.07) is 5.68. The highest BCUT2D eigenvalue weighted by Gasteiger charge is 2.53. The van der Waals surface area contributed by atoms with Crippen LogP contribution in [-0.2, 0) is 14.3 Å². The number of fused-ring (bicyclic) bond motifs is 1. The van der Waals surface area contributed by atoms with E-state index >= 15 is 0 Å². The molecule has 0 spiro atoms. The number of hydrogen-bond acceptors (Lipinski definition) is 4. The molecule has 1 aromatic carbocycles. The van der Waals surface area contributed by atoms with Gasteiger partial charge in [-0.3, -0.25) is 4.79 Å².